The Hall–Kier alpha value is -10.7. The number of carbonyl (C=O) groups is 4. The fourth-order valence-corrected chi connectivity index (χ4v) is 11.8. The summed E-state index contributed by atoms with van der Waals surface area (Å²) in [7, 11) is 0. The van der Waals surface area contributed by atoms with Crippen molar-refractivity contribution in [1.29, 1.82) is 0 Å². The van der Waals surface area contributed by atoms with Gasteiger partial charge in [0.05, 0.1) is 5.41 Å². The Morgan fingerprint density at radius 2 is 0.432 bits per heavy atom. The van der Waals surface area contributed by atoms with E-state index in [1.54, 1.807) is 12.1 Å². The van der Waals surface area contributed by atoms with Crippen LogP contribution < -0.4 is 0 Å². The van der Waals surface area contributed by atoms with Crippen molar-refractivity contribution in [3.05, 3.63) is 370 Å². The van der Waals surface area contributed by atoms with Crippen molar-refractivity contribution in [2.24, 2.45) is 0 Å². The zero-order chi connectivity index (χ0) is 54.9. The molecule has 0 N–H and O–H groups in total. The smallest absolute Gasteiger partial charge is 0.193 e. The lowest BCUT2D eigenvalue weighted by Crippen LogP contribution is -2.30. The summed E-state index contributed by atoms with van der Waals surface area (Å²) in [6.07, 6.45) is 0. The molecule has 13 rings (SSSR count). The van der Waals surface area contributed by atoms with Gasteiger partial charge in [0.2, 0.25) is 0 Å². The van der Waals surface area contributed by atoms with Crippen molar-refractivity contribution in [2.45, 2.75) is 5.41 Å². The molecule has 0 atom stereocenters. The molecule has 0 saturated carbocycles. The quantitative estimate of drug-likeness (QED) is 0.102. The monoisotopic (exact) mass is 1040 g/mol. The number of rotatable bonds is 14. The second kappa shape index (κ2) is 21.3. The predicted molar refractivity (Wildman–Crippen MR) is 325 cm³/mol. The van der Waals surface area contributed by atoms with E-state index < -0.39 is 5.41 Å². The molecular formula is C77H50O4. The molecule has 1 aliphatic rings. The molecule has 382 valence electrons. The third-order valence-electron chi connectivity index (χ3n) is 15.7. The van der Waals surface area contributed by atoms with Crippen LogP contribution in [0.3, 0.4) is 0 Å². The normalized spacial score (nSPS) is 12.0. The largest absolute Gasteiger partial charge is 0.289 e. The Bertz CT molecular complexity index is 3890. The highest BCUT2D eigenvalue weighted by Crippen LogP contribution is 2.57. The van der Waals surface area contributed by atoms with E-state index in [1.165, 1.54) is 0 Å². The number of fused-ring (bicyclic) bond motifs is 3. The highest BCUT2D eigenvalue weighted by atomic mass is 16.1. The van der Waals surface area contributed by atoms with Crippen LogP contribution in [0.25, 0.3) is 55.6 Å². The molecule has 4 nitrogen and oxygen atoms in total. The summed E-state index contributed by atoms with van der Waals surface area (Å²) < 4.78 is 0. The topological polar surface area (TPSA) is 68.3 Å². The number of hydrogen-bond acceptors (Lipinski definition) is 4. The molecule has 0 aromatic heterocycles. The Morgan fingerprint density at radius 1 is 0.198 bits per heavy atom. The Morgan fingerprint density at radius 3 is 0.704 bits per heavy atom. The van der Waals surface area contributed by atoms with Gasteiger partial charge in [0.1, 0.15) is 0 Å². The fraction of sp³-hybridized carbons (Fsp3) is 0.0130. The van der Waals surface area contributed by atoms with Crippen LogP contribution in [-0.2, 0) is 5.41 Å². The molecule has 12 aromatic carbocycles. The van der Waals surface area contributed by atoms with E-state index in [0.29, 0.717) is 55.6 Å². The van der Waals surface area contributed by atoms with E-state index in [2.05, 4.69) is 24.3 Å². The second-order valence-corrected chi connectivity index (χ2v) is 20.5. The highest BCUT2D eigenvalue weighted by Gasteiger charge is 2.47. The summed E-state index contributed by atoms with van der Waals surface area (Å²) >= 11 is 0. The van der Waals surface area contributed by atoms with Crippen LogP contribution in [0.2, 0.25) is 0 Å². The van der Waals surface area contributed by atoms with Crippen LogP contribution in [-0.4, -0.2) is 23.1 Å². The first kappa shape index (κ1) is 49.9. The third-order valence-corrected chi connectivity index (χ3v) is 15.7. The molecule has 0 fully saturated rings. The van der Waals surface area contributed by atoms with Crippen LogP contribution >= 0.6 is 0 Å². The van der Waals surface area contributed by atoms with Gasteiger partial charge >= 0.3 is 0 Å². The highest BCUT2D eigenvalue weighted by molar-refractivity contribution is 6.16. The molecule has 0 aliphatic heterocycles. The van der Waals surface area contributed by atoms with Crippen LogP contribution in [0.5, 0.6) is 0 Å². The summed E-state index contributed by atoms with van der Waals surface area (Å²) in [5.74, 6) is -1.08. The van der Waals surface area contributed by atoms with E-state index in [0.717, 1.165) is 66.8 Å². The van der Waals surface area contributed by atoms with Crippen molar-refractivity contribution in [1.82, 2.24) is 0 Å². The minimum atomic E-state index is -1.31. The molecule has 0 bridgehead atoms. The van der Waals surface area contributed by atoms with E-state index in [4.69, 9.17) is 0 Å². The van der Waals surface area contributed by atoms with Crippen LogP contribution in [0.15, 0.2) is 303 Å². The molecular weight excluding hydrogens is 989 g/mol. The lowest BCUT2D eigenvalue weighted by atomic mass is 9.66. The Balaban J connectivity index is 1.07. The molecule has 12 aromatic rings. The fourth-order valence-electron chi connectivity index (χ4n) is 11.8. The first-order valence-electron chi connectivity index (χ1n) is 27.1. The minimum Gasteiger partial charge on any atom is -0.289 e. The van der Waals surface area contributed by atoms with E-state index in [9.17, 15) is 0 Å². The number of hydrogen-bond donors (Lipinski definition) is 0. The minimum absolute atomic E-state index is 0.271. The second-order valence-electron chi connectivity index (χ2n) is 20.5. The van der Waals surface area contributed by atoms with Crippen molar-refractivity contribution >= 4 is 23.1 Å². The lowest BCUT2D eigenvalue weighted by Gasteiger charge is -2.35. The molecule has 0 radical (unpaired) electrons. The molecule has 1 aliphatic carbocycles. The summed E-state index contributed by atoms with van der Waals surface area (Å²) in [5.41, 5.74) is 14.0. The molecule has 0 saturated heterocycles. The summed E-state index contributed by atoms with van der Waals surface area (Å²) in [4.78, 5) is 62.2. The first-order valence-corrected chi connectivity index (χ1v) is 27.1. The average Bonchev–Trinajstić information content (AvgIpc) is 3.45. The molecule has 0 amide bonds. The van der Waals surface area contributed by atoms with Gasteiger partial charge in [-0.2, -0.15) is 0 Å². The molecule has 81 heavy (non-hydrogen) atoms. The van der Waals surface area contributed by atoms with Crippen molar-refractivity contribution in [2.75, 3.05) is 0 Å². The maximum atomic E-state index is 15.5. The van der Waals surface area contributed by atoms with Crippen LogP contribution in [0, 0.1) is 0 Å². The van der Waals surface area contributed by atoms with Gasteiger partial charge in [0, 0.05) is 44.5 Å². The van der Waals surface area contributed by atoms with Gasteiger partial charge in [0.15, 0.2) is 23.1 Å². The molecule has 0 heterocycles. The van der Waals surface area contributed by atoms with Crippen molar-refractivity contribution in [3.8, 4) is 55.6 Å². The van der Waals surface area contributed by atoms with Crippen molar-refractivity contribution in [3.63, 3.8) is 0 Å². The number of benzene rings is 12. The maximum Gasteiger partial charge on any atom is 0.193 e. The van der Waals surface area contributed by atoms with Gasteiger partial charge < -0.3 is 0 Å². The lowest BCUT2D eigenvalue weighted by molar-refractivity contribution is 0.102. The first-order chi connectivity index (χ1) is 39.8. The Labute approximate surface area is 471 Å². The molecule has 4 heteroatoms. The van der Waals surface area contributed by atoms with Crippen molar-refractivity contribution < 1.29 is 19.2 Å². The standard InChI is InChI=1S/C77H50O4/c78-73(59-33-17-29-55(41-59)51-21-5-1-6-22-51)63-45-64(74(79)60-34-18-30-56(42-60)52-23-7-2-8-24-52)48-67(47-63)77(71-39-15-13-37-69(71)70-38-14-16-40-72(70)77)68-49-65(75(80)61-35-19-31-57(43-61)53-25-9-3-10-26-53)46-66(50-68)76(81)62-36-20-32-58(44-62)54-27-11-4-12-28-54/h1-50H. The van der Waals surface area contributed by atoms with Gasteiger partial charge in [-0.3, -0.25) is 19.2 Å². The van der Waals surface area contributed by atoms with Gasteiger partial charge in [-0.1, -0.05) is 243 Å². The summed E-state index contributed by atoms with van der Waals surface area (Å²) in [6.45, 7) is 0. The number of carbonyl (C=O) groups excluding carboxylic acids is 4. The van der Waals surface area contributed by atoms with E-state index in [-0.39, 0.29) is 23.1 Å². The summed E-state index contributed by atoms with van der Waals surface area (Å²) in [6, 6.07) is 97.5. The predicted octanol–water partition coefficient (Wildman–Crippen LogP) is 17.6. The van der Waals surface area contributed by atoms with E-state index >= 15 is 19.2 Å². The number of ketones is 4. The Kier molecular flexibility index (Phi) is 13.1. The SMILES string of the molecule is O=C(c1cccc(-c2ccccc2)c1)c1cc(C(=O)c2cccc(-c3ccccc3)c2)cc(C2(c3cc(C(=O)c4cccc(-c5ccccc5)c4)cc(C(=O)c4cccc(-c5ccccc5)c4)c3)c3ccccc3-c3ccccc32)c1. The van der Waals surface area contributed by atoms with Gasteiger partial charge in [-0.05, 0) is 139 Å². The van der Waals surface area contributed by atoms with Gasteiger partial charge in [-0.25, -0.2) is 0 Å². The zero-order valence-electron chi connectivity index (χ0n) is 44.0. The maximum absolute atomic E-state index is 15.5. The van der Waals surface area contributed by atoms with Gasteiger partial charge in [0.25, 0.3) is 0 Å². The van der Waals surface area contributed by atoms with E-state index in [1.807, 2.05) is 267 Å². The van der Waals surface area contributed by atoms with Gasteiger partial charge in [-0.15, -0.1) is 0 Å². The molecule has 0 unspecified atom stereocenters. The average molecular weight is 1040 g/mol. The van der Waals surface area contributed by atoms with Crippen LogP contribution in [0.1, 0.15) is 85.9 Å². The third kappa shape index (κ3) is 9.35. The summed E-state index contributed by atoms with van der Waals surface area (Å²) in [5, 5.41) is 0. The molecule has 0 spiro atoms. The zero-order valence-corrected chi connectivity index (χ0v) is 44.0. The van der Waals surface area contributed by atoms with Crippen LogP contribution in [0.4, 0.5) is 0 Å².